The van der Waals surface area contributed by atoms with Crippen molar-refractivity contribution in [3.8, 4) is 0 Å². The first-order valence-corrected chi connectivity index (χ1v) is 6.44. The Balaban J connectivity index is 2.53. The molecule has 0 aromatic heterocycles. The standard InChI is InChI=1S/C16H24/c1-4-7-8-11-14-12-15(9-5-2)16(13-14)10-6-3/h5-6,12-13,15H,2-4,7-11H2,1H3. The summed E-state index contributed by atoms with van der Waals surface area (Å²) in [5.74, 6) is 0.590. The van der Waals surface area contributed by atoms with Crippen LogP contribution < -0.4 is 0 Å². The van der Waals surface area contributed by atoms with E-state index in [0.29, 0.717) is 5.92 Å². The Bertz CT molecular complexity index is 291. The molecule has 0 bridgehead atoms. The summed E-state index contributed by atoms with van der Waals surface area (Å²) in [6.45, 7) is 9.92. The van der Waals surface area contributed by atoms with Gasteiger partial charge in [-0.25, -0.2) is 0 Å². The van der Waals surface area contributed by atoms with Gasteiger partial charge in [-0.15, -0.1) is 13.2 Å². The zero-order valence-corrected chi connectivity index (χ0v) is 10.5. The summed E-state index contributed by atoms with van der Waals surface area (Å²) in [7, 11) is 0. The molecule has 0 aromatic rings. The normalized spacial score (nSPS) is 19.2. The van der Waals surface area contributed by atoms with Crippen LogP contribution in [0.2, 0.25) is 0 Å². The highest BCUT2D eigenvalue weighted by atomic mass is 14.2. The van der Waals surface area contributed by atoms with Gasteiger partial charge in [0.25, 0.3) is 0 Å². The van der Waals surface area contributed by atoms with Crippen molar-refractivity contribution in [1.82, 2.24) is 0 Å². The minimum Gasteiger partial charge on any atom is -0.103 e. The molecule has 0 aromatic carbocycles. The summed E-state index contributed by atoms with van der Waals surface area (Å²) in [5.41, 5.74) is 3.04. The van der Waals surface area contributed by atoms with Crippen molar-refractivity contribution < 1.29 is 0 Å². The Kier molecular flexibility index (Phi) is 5.92. The average molecular weight is 216 g/mol. The smallest absolute Gasteiger partial charge is 0.00233 e. The lowest BCUT2D eigenvalue weighted by molar-refractivity contribution is 0.716. The molecule has 0 nitrogen and oxygen atoms in total. The van der Waals surface area contributed by atoms with E-state index in [0.717, 1.165) is 12.8 Å². The van der Waals surface area contributed by atoms with E-state index in [4.69, 9.17) is 0 Å². The van der Waals surface area contributed by atoms with Crippen LogP contribution in [0.5, 0.6) is 0 Å². The maximum atomic E-state index is 3.84. The van der Waals surface area contributed by atoms with Crippen molar-refractivity contribution in [1.29, 1.82) is 0 Å². The van der Waals surface area contributed by atoms with Gasteiger partial charge in [0, 0.05) is 5.92 Å². The summed E-state index contributed by atoms with van der Waals surface area (Å²) in [4.78, 5) is 0. The monoisotopic (exact) mass is 216 g/mol. The predicted molar refractivity (Wildman–Crippen MR) is 73.4 cm³/mol. The topological polar surface area (TPSA) is 0 Å². The molecule has 0 spiro atoms. The molecular weight excluding hydrogens is 192 g/mol. The van der Waals surface area contributed by atoms with E-state index in [1.807, 2.05) is 12.2 Å². The summed E-state index contributed by atoms with van der Waals surface area (Å²) in [6, 6.07) is 0. The summed E-state index contributed by atoms with van der Waals surface area (Å²) in [5, 5.41) is 0. The van der Waals surface area contributed by atoms with E-state index in [1.165, 1.54) is 36.8 Å². The number of unbranched alkanes of at least 4 members (excludes halogenated alkanes) is 2. The molecule has 0 amide bonds. The van der Waals surface area contributed by atoms with Gasteiger partial charge in [0.15, 0.2) is 0 Å². The van der Waals surface area contributed by atoms with E-state index in [9.17, 15) is 0 Å². The summed E-state index contributed by atoms with van der Waals surface area (Å²) >= 11 is 0. The van der Waals surface area contributed by atoms with Gasteiger partial charge in [-0.05, 0) is 25.7 Å². The Morgan fingerprint density at radius 1 is 1.25 bits per heavy atom. The van der Waals surface area contributed by atoms with Crippen molar-refractivity contribution in [2.75, 3.05) is 0 Å². The second-order valence-electron chi connectivity index (χ2n) is 4.54. The van der Waals surface area contributed by atoms with Crippen LogP contribution in [0.3, 0.4) is 0 Å². The van der Waals surface area contributed by atoms with Crippen molar-refractivity contribution in [2.45, 2.75) is 45.4 Å². The molecule has 0 fully saturated rings. The van der Waals surface area contributed by atoms with Gasteiger partial charge < -0.3 is 0 Å². The Hall–Kier alpha value is -1.04. The van der Waals surface area contributed by atoms with E-state index < -0.39 is 0 Å². The second kappa shape index (κ2) is 7.27. The third-order valence-electron chi connectivity index (χ3n) is 3.13. The third kappa shape index (κ3) is 3.84. The van der Waals surface area contributed by atoms with Crippen molar-refractivity contribution in [2.24, 2.45) is 5.92 Å². The van der Waals surface area contributed by atoms with Crippen LogP contribution in [0, 0.1) is 5.92 Å². The van der Waals surface area contributed by atoms with Crippen molar-refractivity contribution >= 4 is 0 Å². The minimum absolute atomic E-state index is 0.590. The maximum Gasteiger partial charge on any atom is 0.00233 e. The zero-order valence-electron chi connectivity index (χ0n) is 10.5. The lowest BCUT2D eigenvalue weighted by atomic mass is 9.97. The van der Waals surface area contributed by atoms with Gasteiger partial charge in [-0.1, -0.05) is 55.2 Å². The molecule has 88 valence electrons. The second-order valence-corrected chi connectivity index (χ2v) is 4.54. The first-order valence-electron chi connectivity index (χ1n) is 6.44. The van der Waals surface area contributed by atoms with Gasteiger partial charge in [0.05, 0.1) is 0 Å². The fourth-order valence-corrected chi connectivity index (χ4v) is 2.27. The van der Waals surface area contributed by atoms with Crippen LogP contribution >= 0.6 is 0 Å². The number of allylic oxidation sites excluding steroid dienone is 6. The first kappa shape index (κ1) is 13.0. The van der Waals surface area contributed by atoms with Crippen molar-refractivity contribution in [3.05, 3.63) is 48.6 Å². The predicted octanol–water partition coefficient (Wildman–Crippen LogP) is 5.20. The van der Waals surface area contributed by atoms with Crippen molar-refractivity contribution in [3.63, 3.8) is 0 Å². The quantitative estimate of drug-likeness (QED) is 0.386. The molecule has 0 N–H and O–H groups in total. The highest BCUT2D eigenvalue weighted by Crippen LogP contribution is 2.32. The van der Waals surface area contributed by atoms with E-state index >= 15 is 0 Å². The van der Waals surface area contributed by atoms with Crippen LogP contribution in [-0.4, -0.2) is 0 Å². The van der Waals surface area contributed by atoms with Gasteiger partial charge in [-0.3, -0.25) is 0 Å². The molecular formula is C16H24. The van der Waals surface area contributed by atoms with Crippen LogP contribution in [0.15, 0.2) is 48.6 Å². The fourth-order valence-electron chi connectivity index (χ4n) is 2.27. The van der Waals surface area contributed by atoms with Gasteiger partial charge in [0.2, 0.25) is 0 Å². The molecule has 1 rings (SSSR count). The molecule has 0 radical (unpaired) electrons. The molecule has 1 unspecified atom stereocenters. The fraction of sp³-hybridized carbons (Fsp3) is 0.500. The molecule has 16 heavy (non-hydrogen) atoms. The number of hydrogen-bond donors (Lipinski definition) is 0. The van der Waals surface area contributed by atoms with Crippen LogP contribution in [0.4, 0.5) is 0 Å². The zero-order chi connectivity index (χ0) is 11.8. The Labute approximate surface area is 100 Å². The molecule has 0 heterocycles. The maximum absolute atomic E-state index is 3.84. The van der Waals surface area contributed by atoms with E-state index in [2.05, 4.69) is 32.2 Å². The van der Waals surface area contributed by atoms with Crippen LogP contribution in [0.1, 0.15) is 45.4 Å². The first-order chi connectivity index (χ1) is 7.81. The van der Waals surface area contributed by atoms with E-state index in [-0.39, 0.29) is 0 Å². The van der Waals surface area contributed by atoms with Gasteiger partial charge >= 0.3 is 0 Å². The van der Waals surface area contributed by atoms with Gasteiger partial charge in [-0.2, -0.15) is 0 Å². The summed E-state index contributed by atoms with van der Waals surface area (Å²) < 4.78 is 0. The molecule has 0 saturated heterocycles. The highest BCUT2D eigenvalue weighted by molar-refractivity contribution is 5.37. The average Bonchev–Trinajstić information content (AvgIpc) is 2.63. The lowest BCUT2D eigenvalue weighted by Crippen LogP contribution is -1.94. The Morgan fingerprint density at radius 2 is 2.06 bits per heavy atom. The molecule has 1 aliphatic rings. The van der Waals surface area contributed by atoms with Crippen LogP contribution in [0.25, 0.3) is 0 Å². The molecule has 0 heteroatoms. The molecule has 1 aliphatic carbocycles. The molecule has 0 saturated carbocycles. The van der Waals surface area contributed by atoms with Gasteiger partial charge in [0.1, 0.15) is 0 Å². The molecule has 1 atom stereocenters. The number of rotatable bonds is 8. The Morgan fingerprint density at radius 3 is 2.69 bits per heavy atom. The van der Waals surface area contributed by atoms with Crippen LogP contribution in [-0.2, 0) is 0 Å². The number of hydrogen-bond acceptors (Lipinski definition) is 0. The molecule has 0 aliphatic heterocycles. The largest absolute Gasteiger partial charge is 0.103 e. The summed E-state index contributed by atoms with van der Waals surface area (Å²) in [6.07, 6.45) is 16.1. The SMILES string of the molecule is C=CCC1=CC(CCCCC)=CC1CC=C. The third-order valence-corrected chi connectivity index (χ3v) is 3.13. The minimum atomic E-state index is 0.590. The van der Waals surface area contributed by atoms with E-state index in [1.54, 1.807) is 0 Å². The highest BCUT2D eigenvalue weighted by Gasteiger charge is 2.16. The lowest BCUT2D eigenvalue weighted by Gasteiger charge is -2.08.